The molecule has 5 N–H and O–H groups in total. The average Bonchev–Trinajstić information content (AvgIpc) is 3.22. The molecule has 1 aromatic heterocycles. The summed E-state index contributed by atoms with van der Waals surface area (Å²) >= 11 is 0. The van der Waals surface area contributed by atoms with Crippen molar-refractivity contribution >= 4 is 28.9 Å². The molecular weight excluding hydrogens is 380 g/mol. The Kier molecular flexibility index (Phi) is 5.58. The summed E-state index contributed by atoms with van der Waals surface area (Å²) in [6.07, 6.45) is -0.285. The monoisotopic (exact) mass is 404 g/mol. The molecule has 4 atom stereocenters. The van der Waals surface area contributed by atoms with Crippen molar-refractivity contribution in [1.82, 2.24) is 15.6 Å². The van der Waals surface area contributed by atoms with E-state index in [1.165, 1.54) is 6.92 Å². The summed E-state index contributed by atoms with van der Waals surface area (Å²) in [4.78, 5) is 40.6. The number of esters is 1. The van der Waals surface area contributed by atoms with Gasteiger partial charge in [0, 0.05) is 0 Å². The number of nitrogens with one attached hydrogen (secondary N) is 2. The zero-order valence-corrected chi connectivity index (χ0v) is 16.3. The molecule has 2 aromatic rings. The van der Waals surface area contributed by atoms with E-state index in [1.54, 1.807) is 38.1 Å². The molecule has 2 heterocycles. The number of aromatic nitrogens is 1. The summed E-state index contributed by atoms with van der Waals surface area (Å²) in [7, 11) is 0. The maximum atomic E-state index is 12.5. The highest BCUT2D eigenvalue weighted by Gasteiger charge is 2.54. The fourth-order valence-electron chi connectivity index (χ4n) is 2.93. The van der Waals surface area contributed by atoms with Crippen LogP contribution < -0.4 is 16.4 Å². The van der Waals surface area contributed by atoms with E-state index in [2.05, 4.69) is 15.6 Å². The van der Waals surface area contributed by atoms with E-state index >= 15 is 0 Å². The Morgan fingerprint density at radius 1 is 1.28 bits per heavy atom. The lowest BCUT2D eigenvalue weighted by Crippen LogP contribution is -2.55. The van der Waals surface area contributed by atoms with Gasteiger partial charge in [-0.05, 0) is 25.0 Å². The molecule has 10 nitrogen and oxygen atoms in total. The number of para-hydroxylation sites is 2. The molecule has 1 aliphatic heterocycles. The van der Waals surface area contributed by atoms with E-state index in [1.807, 2.05) is 0 Å². The largest absolute Gasteiger partial charge is 0.435 e. The van der Waals surface area contributed by atoms with Crippen LogP contribution in [0.2, 0.25) is 0 Å². The first-order chi connectivity index (χ1) is 13.6. The van der Waals surface area contributed by atoms with Gasteiger partial charge in [-0.25, -0.2) is 4.98 Å². The number of hydrogen-bond acceptors (Lipinski definition) is 8. The number of oxazole rings is 1. The number of amides is 2. The molecule has 29 heavy (non-hydrogen) atoms. The van der Waals surface area contributed by atoms with E-state index in [0.717, 1.165) is 0 Å². The van der Waals surface area contributed by atoms with Gasteiger partial charge in [-0.1, -0.05) is 26.0 Å². The van der Waals surface area contributed by atoms with Gasteiger partial charge in [0.05, 0.1) is 12.5 Å². The van der Waals surface area contributed by atoms with Crippen LogP contribution in [0.5, 0.6) is 0 Å². The van der Waals surface area contributed by atoms with Crippen LogP contribution in [0.4, 0.5) is 0 Å². The number of nitrogens with two attached hydrogens (primary N) is 1. The van der Waals surface area contributed by atoms with E-state index in [0.29, 0.717) is 11.1 Å². The first-order valence-electron chi connectivity index (χ1n) is 9.28. The Bertz CT molecular complexity index is 909. The zero-order valence-electron chi connectivity index (χ0n) is 16.3. The average molecular weight is 404 g/mol. The molecule has 1 saturated heterocycles. The lowest BCUT2D eigenvalue weighted by atomic mass is 10.0. The van der Waals surface area contributed by atoms with Gasteiger partial charge in [0.25, 0.3) is 5.89 Å². The topological polar surface area (TPSA) is 157 Å². The number of hydrogen-bond donors (Lipinski definition) is 4. The minimum absolute atomic E-state index is 0.102. The second-order valence-corrected chi connectivity index (χ2v) is 7.42. The van der Waals surface area contributed by atoms with Gasteiger partial charge in [-0.3, -0.25) is 14.4 Å². The summed E-state index contributed by atoms with van der Waals surface area (Å²) < 4.78 is 10.6. The number of benzene rings is 1. The molecule has 0 aliphatic carbocycles. The third-order valence-corrected chi connectivity index (χ3v) is 4.80. The predicted molar refractivity (Wildman–Crippen MR) is 101 cm³/mol. The summed E-state index contributed by atoms with van der Waals surface area (Å²) in [6, 6.07) is 3.93. The maximum absolute atomic E-state index is 12.5. The molecular formula is C19H24N4O6. The lowest BCUT2D eigenvalue weighted by molar-refractivity contribution is -0.210. The van der Waals surface area contributed by atoms with E-state index in [9.17, 15) is 19.5 Å². The van der Waals surface area contributed by atoms with Crippen LogP contribution >= 0.6 is 0 Å². The van der Waals surface area contributed by atoms with E-state index in [4.69, 9.17) is 14.9 Å². The molecule has 156 valence electrons. The van der Waals surface area contributed by atoms with Crippen molar-refractivity contribution in [1.29, 1.82) is 0 Å². The van der Waals surface area contributed by atoms with Crippen LogP contribution in [0.25, 0.3) is 11.1 Å². The van der Waals surface area contributed by atoms with Crippen molar-refractivity contribution in [3.63, 3.8) is 0 Å². The van der Waals surface area contributed by atoms with Crippen molar-refractivity contribution in [2.75, 3.05) is 0 Å². The molecule has 1 aliphatic rings. The first kappa shape index (κ1) is 20.7. The quantitative estimate of drug-likeness (QED) is 0.486. The number of rotatable bonds is 6. The van der Waals surface area contributed by atoms with Crippen LogP contribution in [-0.4, -0.2) is 46.0 Å². The Morgan fingerprint density at radius 3 is 2.62 bits per heavy atom. The molecule has 1 fully saturated rings. The fraction of sp³-hybridized carbons (Fsp3) is 0.474. The van der Waals surface area contributed by atoms with Crippen molar-refractivity contribution in [2.45, 2.75) is 51.1 Å². The van der Waals surface area contributed by atoms with Crippen molar-refractivity contribution in [3.05, 3.63) is 30.2 Å². The summed E-state index contributed by atoms with van der Waals surface area (Å²) in [6.45, 7) is 5.05. The number of carbonyl (C=O) groups is 3. The third-order valence-electron chi connectivity index (χ3n) is 4.80. The summed E-state index contributed by atoms with van der Waals surface area (Å²) in [5.74, 6) is -4.42. The molecule has 0 saturated carbocycles. The van der Waals surface area contributed by atoms with Gasteiger partial charge in [0.1, 0.15) is 17.6 Å². The smallest absolute Gasteiger partial charge is 0.311 e. The highest BCUT2D eigenvalue weighted by atomic mass is 16.7. The number of aliphatic hydroxyl groups is 1. The molecule has 3 rings (SSSR count). The molecule has 0 radical (unpaired) electrons. The van der Waals surface area contributed by atoms with Gasteiger partial charge in [0.15, 0.2) is 5.58 Å². The SMILES string of the molecule is CC(C)[C@@H](N)C(=O)N[C@@H](C)C(=O)N[C@H]1CC(=O)OC1(O)c1nc2ccccc2o1. The zero-order chi connectivity index (χ0) is 21.3. The lowest BCUT2D eigenvalue weighted by Gasteiger charge is -2.26. The maximum Gasteiger partial charge on any atom is 0.311 e. The standard InChI is InChI=1S/C19H24N4O6/c1-9(2)15(20)17(26)21-10(3)16(25)23-13-8-14(24)29-19(13,27)18-22-11-6-4-5-7-12(11)28-18/h4-7,9-10,13,15,27H,8,20H2,1-3H3,(H,21,26)(H,23,25)/t10-,13-,15+,19?/m0/s1. The molecule has 1 unspecified atom stereocenters. The van der Waals surface area contributed by atoms with Crippen molar-refractivity contribution in [2.24, 2.45) is 11.7 Å². The summed E-state index contributed by atoms with van der Waals surface area (Å²) in [5, 5.41) is 16.0. The van der Waals surface area contributed by atoms with E-state index < -0.39 is 41.7 Å². The van der Waals surface area contributed by atoms with Crippen LogP contribution in [0.3, 0.4) is 0 Å². The molecule has 10 heteroatoms. The number of carbonyl (C=O) groups excluding carboxylic acids is 3. The Morgan fingerprint density at radius 2 is 1.97 bits per heavy atom. The normalized spacial score (nSPS) is 23.7. The van der Waals surface area contributed by atoms with Crippen LogP contribution in [-0.2, 0) is 24.9 Å². The number of nitrogens with zero attached hydrogens (tertiary/aromatic N) is 1. The first-order valence-corrected chi connectivity index (χ1v) is 9.28. The minimum atomic E-state index is -2.26. The molecule has 0 bridgehead atoms. The van der Waals surface area contributed by atoms with Gasteiger partial charge >= 0.3 is 11.8 Å². The Hall–Kier alpha value is -2.98. The molecule has 0 spiro atoms. The number of ether oxygens (including phenoxy) is 1. The van der Waals surface area contributed by atoms with Crippen molar-refractivity contribution < 1.29 is 28.6 Å². The van der Waals surface area contributed by atoms with Gasteiger partial charge < -0.3 is 30.6 Å². The van der Waals surface area contributed by atoms with Gasteiger partial charge in [-0.2, -0.15) is 0 Å². The minimum Gasteiger partial charge on any atom is -0.435 e. The van der Waals surface area contributed by atoms with Gasteiger partial charge in [0.2, 0.25) is 11.8 Å². The van der Waals surface area contributed by atoms with Gasteiger partial charge in [-0.15, -0.1) is 0 Å². The van der Waals surface area contributed by atoms with E-state index in [-0.39, 0.29) is 18.2 Å². The Labute approximate surface area is 166 Å². The second-order valence-electron chi connectivity index (χ2n) is 7.42. The summed E-state index contributed by atoms with van der Waals surface area (Å²) in [5.41, 5.74) is 6.64. The third kappa shape index (κ3) is 4.08. The van der Waals surface area contributed by atoms with Crippen LogP contribution in [0.1, 0.15) is 33.1 Å². The highest BCUT2D eigenvalue weighted by Crippen LogP contribution is 2.35. The molecule has 2 amide bonds. The highest BCUT2D eigenvalue weighted by molar-refractivity contribution is 5.90. The Balaban J connectivity index is 1.75. The fourth-order valence-corrected chi connectivity index (χ4v) is 2.93. The van der Waals surface area contributed by atoms with Crippen LogP contribution in [0, 0.1) is 5.92 Å². The van der Waals surface area contributed by atoms with Crippen molar-refractivity contribution in [3.8, 4) is 0 Å². The predicted octanol–water partition coefficient (Wildman–Crippen LogP) is -0.107. The number of cyclic esters (lactones) is 1. The van der Waals surface area contributed by atoms with Crippen LogP contribution in [0.15, 0.2) is 28.7 Å². The molecule has 1 aromatic carbocycles. The number of fused-ring (bicyclic) bond motifs is 1. The second kappa shape index (κ2) is 7.80.